The standard InChI is InChI=1S/C24H26FN3O2/c1-18(20-5-3-6-21(15-20)19-9-11-26-12-10-19)28(2)17-24(29)27-13-14-30-23-8-4-7-22(25)16-23/h3-12,15-16,18H,13-14,17H2,1-2H3,(H,27,29)/t18-/m0/s1. The first-order chi connectivity index (χ1) is 14.5. The van der Waals surface area contributed by atoms with E-state index in [1.54, 1.807) is 24.5 Å². The van der Waals surface area contributed by atoms with Crippen molar-refractivity contribution < 1.29 is 13.9 Å². The van der Waals surface area contributed by atoms with Crippen LogP contribution in [-0.4, -0.2) is 42.5 Å². The van der Waals surface area contributed by atoms with Crippen molar-refractivity contribution in [3.05, 3.63) is 84.4 Å². The van der Waals surface area contributed by atoms with Crippen LogP contribution in [0.15, 0.2) is 73.1 Å². The number of amides is 1. The molecule has 0 aliphatic carbocycles. The maximum absolute atomic E-state index is 13.1. The van der Waals surface area contributed by atoms with Gasteiger partial charge in [-0.2, -0.15) is 0 Å². The Bertz CT molecular complexity index is 965. The highest BCUT2D eigenvalue weighted by Crippen LogP contribution is 2.25. The van der Waals surface area contributed by atoms with E-state index in [9.17, 15) is 9.18 Å². The molecule has 156 valence electrons. The number of benzene rings is 2. The van der Waals surface area contributed by atoms with Crippen LogP contribution in [0.5, 0.6) is 5.75 Å². The first-order valence-electron chi connectivity index (χ1n) is 9.88. The van der Waals surface area contributed by atoms with Gasteiger partial charge >= 0.3 is 0 Å². The molecular weight excluding hydrogens is 381 g/mol. The predicted molar refractivity (Wildman–Crippen MR) is 116 cm³/mol. The normalized spacial score (nSPS) is 11.9. The third-order valence-corrected chi connectivity index (χ3v) is 4.93. The largest absolute Gasteiger partial charge is 0.492 e. The van der Waals surface area contributed by atoms with Gasteiger partial charge < -0.3 is 10.1 Å². The monoisotopic (exact) mass is 407 g/mol. The zero-order valence-electron chi connectivity index (χ0n) is 17.2. The van der Waals surface area contributed by atoms with Crippen molar-refractivity contribution in [2.24, 2.45) is 0 Å². The second-order valence-corrected chi connectivity index (χ2v) is 7.11. The van der Waals surface area contributed by atoms with Gasteiger partial charge in [-0.25, -0.2) is 4.39 Å². The van der Waals surface area contributed by atoms with Gasteiger partial charge in [0.25, 0.3) is 0 Å². The Balaban J connectivity index is 1.48. The number of hydrogen-bond donors (Lipinski definition) is 1. The van der Waals surface area contributed by atoms with E-state index in [2.05, 4.69) is 35.4 Å². The Labute approximate surface area is 176 Å². The van der Waals surface area contributed by atoms with E-state index in [1.165, 1.54) is 12.1 Å². The number of halogens is 1. The van der Waals surface area contributed by atoms with Gasteiger partial charge in [0.2, 0.25) is 5.91 Å². The molecule has 6 heteroatoms. The summed E-state index contributed by atoms with van der Waals surface area (Å²) in [5.74, 6) is 0.0155. The Morgan fingerprint density at radius 2 is 1.87 bits per heavy atom. The Hall–Kier alpha value is -3.25. The number of pyridine rings is 1. The molecule has 0 saturated heterocycles. The van der Waals surface area contributed by atoms with Crippen LogP contribution in [0.4, 0.5) is 4.39 Å². The molecule has 1 amide bonds. The topological polar surface area (TPSA) is 54.5 Å². The average Bonchev–Trinajstić information content (AvgIpc) is 2.77. The molecular formula is C24H26FN3O2. The Kier molecular flexibility index (Phi) is 7.51. The van der Waals surface area contributed by atoms with E-state index >= 15 is 0 Å². The van der Waals surface area contributed by atoms with E-state index in [4.69, 9.17) is 4.74 Å². The first kappa shape index (κ1) is 21.5. The molecule has 3 rings (SSSR count). The summed E-state index contributed by atoms with van der Waals surface area (Å²) in [6.07, 6.45) is 3.56. The molecule has 2 aromatic carbocycles. The summed E-state index contributed by atoms with van der Waals surface area (Å²) in [5.41, 5.74) is 3.36. The predicted octanol–water partition coefficient (Wildman–Crippen LogP) is 4.08. The fourth-order valence-electron chi connectivity index (χ4n) is 3.11. The van der Waals surface area contributed by atoms with Gasteiger partial charge in [0.05, 0.1) is 13.1 Å². The van der Waals surface area contributed by atoms with E-state index in [0.717, 1.165) is 16.7 Å². The van der Waals surface area contributed by atoms with Crippen molar-refractivity contribution >= 4 is 5.91 Å². The van der Waals surface area contributed by atoms with Crippen molar-refractivity contribution in [1.82, 2.24) is 15.2 Å². The average molecular weight is 407 g/mol. The van der Waals surface area contributed by atoms with Crippen LogP contribution in [0.25, 0.3) is 11.1 Å². The van der Waals surface area contributed by atoms with Crippen LogP contribution >= 0.6 is 0 Å². The highest BCUT2D eigenvalue weighted by Gasteiger charge is 2.15. The van der Waals surface area contributed by atoms with Crippen molar-refractivity contribution in [3.63, 3.8) is 0 Å². The van der Waals surface area contributed by atoms with E-state index in [1.807, 2.05) is 30.1 Å². The second-order valence-electron chi connectivity index (χ2n) is 7.11. The lowest BCUT2D eigenvalue weighted by molar-refractivity contribution is -0.122. The molecule has 0 bridgehead atoms. The number of rotatable bonds is 9. The highest BCUT2D eigenvalue weighted by atomic mass is 19.1. The van der Waals surface area contributed by atoms with Gasteiger partial charge in [0.1, 0.15) is 18.2 Å². The molecule has 0 unspecified atom stereocenters. The van der Waals surface area contributed by atoms with E-state index in [-0.39, 0.29) is 30.9 Å². The number of hydrogen-bond acceptors (Lipinski definition) is 4. The number of carbonyl (C=O) groups is 1. The fourth-order valence-corrected chi connectivity index (χ4v) is 3.11. The smallest absolute Gasteiger partial charge is 0.234 e. The molecule has 1 aromatic heterocycles. The molecule has 0 aliphatic rings. The molecule has 1 N–H and O–H groups in total. The van der Waals surface area contributed by atoms with Gasteiger partial charge in [-0.3, -0.25) is 14.7 Å². The minimum Gasteiger partial charge on any atom is -0.492 e. The van der Waals surface area contributed by atoms with E-state index < -0.39 is 0 Å². The van der Waals surface area contributed by atoms with Crippen molar-refractivity contribution in [3.8, 4) is 16.9 Å². The van der Waals surface area contributed by atoms with E-state index in [0.29, 0.717) is 12.3 Å². The molecule has 0 aliphatic heterocycles. The number of nitrogens with zero attached hydrogens (tertiary/aromatic N) is 2. The van der Waals surface area contributed by atoms with Crippen LogP contribution in [0.2, 0.25) is 0 Å². The molecule has 1 atom stereocenters. The summed E-state index contributed by atoms with van der Waals surface area (Å²) < 4.78 is 18.6. The maximum Gasteiger partial charge on any atom is 0.234 e. The van der Waals surface area contributed by atoms with Gasteiger partial charge in [-0.15, -0.1) is 0 Å². The molecule has 0 radical (unpaired) electrons. The maximum atomic E-state index is 13.1. The quantitative estimate of drug-likeness (QED) is 0.543. The third kappa shape index (κ3) is 6.12. The summed E-state index contributed by atoms with van der Waals surface area (Å²) in [4.78, 5) is 18.3. The van der Waals surface area contributed by atoms with Gasteiger partial charge in [-0.05, 0) is 61.0 Å². The number of carbonyl (C=O) groups excluding carboxylic acids is 1. The second kappa shape index (κ2) is 10.5. The molecule has 5 nitrogen and oxygen atoms in total. The van der Waals surface area contributed by atoms with Crippen LogP contribution in [-0.2, 0) is 4.79 Å². The minimum atomic E-state index is -0.347. The molecule has 0 saturated carbocycles. The Morgan fingerprint density at radius 1 is 1.10 bits per heavy atom. The summed E-state index contributed by atoms with van der Waals surface area (Å²) in [5, 5.41) is 2.84. The fraction of sp³-hybridized carbons (Fsp3) is 0.250. The minimum absolute atomic E-state index is 0.0704. The molecule has 30 heavy (non-hydrogen) atoms. The lowest BCUT2D eigenvalue weighted by Gasteiger charge is -2.25. The zero-order valence-corrected chi connectivity index (χ0v) is 17.2. The molecule has 0 fully saturated rings. The lowest BCUT2D eigenvalue weighted by atomic mass is 10.0. The summed E-state index contributed by atoms with van der Waals surface area (Å²) in [6, 6.07) is 18.3. The Morgan fingerprint density at radius 3 is 2.63 bits per heavy atom. The summed E-state index contributed by atoms with van der Waals surface area (Å²) >= 11 is 0. The van der Waals surface area contributed by atoms with Crippen LogP contribution < -0.4 is 10.1 Å². The van der Waals surface area contributed by atoms with Gasteiger partial charge in [0, 0.05) is 24.5 Å². The van der Waals surface area contributed by atoms with Gasteiger partial charge in [0.15, 0.2) is 0 Å². The third-order valence-electron chi connectivity index (χ3n) is 4.93. The number of likely N-dealkylation sites (N-methyl/N-ethyl adjacent to an activating group) is 1. The molecule has 1 heterocycles. The SMILES string of the molecule is C[C@@H](c1cccc(-c2ccncc2)c1)N(C)CC(=O)NCCOc1cccc(F)c1. The lowest BCUT2D eigenvalue weighted by Crippen LogP contribution is -2.38. The zero-order chi connectivity index (χ0) is 21.3. The number of aromatic nitrogens is 1. The van der Waals surface area contributed by atoms with Crippen molar-refractivity contribution in [2.45, 2.75) is 13.0 Å². The number of ether oxygens (including phenoxy) is 1. The molecule has 3 aromatic rings. The molecule has 0 spiro atoms. The summed E-state index contributed by atoms with van der Waals surface area (Å²) in [6.45, 7) is 2.98. The van der Waals surface area contributed by atoms with Crippen LogP contribution in [0.3, 0.4) is 0 Å². The number of nitrogens with one attached hydrogen (secondary N) is 1. The highest BCUT2D eigenvalue weighted by molar-refractivity contribution is 5.78. The van der Waals surface area contributed by atoms with Crippen molar-refractivity contribution in [2.75, 3.05) is 26.7 Å². The van der Waals surface area contributed by atoms with Crippen LogP contribution in [0, 0.1) is 5.82 Å². The van der Waals surface area contributed by atoms with Gasteiger partial charge in [-0.1, -0.05) is 24.3 Å². The van der Waals surface area contributed by atoms with Crippen molar-refractivity contribution in [1.29, 1.82) is 0 Å². The van der Waals surface area contributed by atoms with Crippen LogP contribution in [0.1, 0.15) is 18.5 Å². The first-order valence-corrected chi connectivity index (χ1v) is 9.88. The summed E-state index contributed by atoms with van der Waals surface area (Å²) in [7, 11) is 1.92.